The molecular weight excluding hydrogens is 490 g/mol. The first kappa shape index (κ1) is 23.7. The molecule has 1 aromatic carbocycles. The molecule has 0 saturated carbocycles. The average molecular weight is 516 g/mol. The molecule has 4 aromatic rings. The van der Waals surface area contributed by atoms with Crippen molar-refractivity contribution < 1.29 is 13.2 Å². The molecule has 0 spiro atoms. The maximum Gasteiger partial charge on any atom is 0.223 e. The van der Waals surface area contributed by atoms with E-state index in [1.165, 1.54) is 16.9 Å². The van der Waals surface area contributed by atoms with Crippen LogP contribution >= 0.6 is 11.6 Å². The zero-order valence-corrected chi connectivity index (χ0v) is 21.2. The van der Waals surface area contributed by atoms with E-state index in [4.69, 9.17) is 21.3 Å². The molecule has 0 aliphatic carbocycles. The quantitative estimate of drug-likeness (QED) is 0.396. The van der Waals surface area contributed by atoms with Crippen molar-refractivity contribution in [3.8, 4) is 5.88 Å². The first-order valence-corrected chi connectivity index (χ1v) is 13.6. The third-order valence-corrected chi connectivity index (χ3v) is 7.76. The van der Waals surface area contributed by atoms with Gasteiger partial charge in [0.2, 0.25) is 15.9 Å². The molecule has 3 aromatic heterocycles. The van der Waals surface area contributed by atoms with Gasteiger partial charge < -0.3 is 15.0 Å². The second-order valence-corrected chi connectivity index (χ2v) is 11.2. The number of piperidine rings is 1. The van der Waals surface area contributed by atoms with Crippen LogP contribution in [0.2, 0.25) is 5.02 Å². The lowest BCUT2D eigenvalue weighted by atomic mass is 10.1. The van der Waals surface area contributed by atoms with E-state index >= 15 is 0 Å². The molecule has 0 radical (unpaired) electrons. The molecule has 35 heavy (non-hydrogen) atoms. The van der Waals surface area contributed by atoms with E-state index in [-0.39, 0.29) is 12.1 Å². The fraction of sp³-hybridized carbons (Fsp3) is 0.391. The van der Waals surface area contributed by atoms with Gasteiger partial charge in [-0.05, 0) is 44.2 Å². The van der Waals surface area contributed by atoms with E-state index in [0.29, 0.717) is 48.3 Å². The number of aromatic nitrogens is 5. The Balaban J connectivity index is 1.44. The largest absolute Gasteiger partial charge is 0.474 e. The Labute approximate surface area is 208 Å². The Kier molecular flexibility index (Phi) is 6.24. The van der Waals surface area contributed by atoms with Crippen LogP contribution in [0.5, 0.6) is 5.88 Å². The summed E-state index contributed by atoms with van der Waals surface area (Å²) in [5, 5.41) is 5.60. The van der Waals surface area contributed by atoms with Crippen LogP contribution in [-0.4, -0.2) is 63.1 Å². The van der Waals surface area contributed by atoms with Crippen LogP contribution in [0.4, 0.5) is 5.82 Å². The van der Waals surface area contributed by atoms with Crippen molar-refractivity contribution in [2.75, 3.05) is 24.7 Å². The minimum atomic E-state index is -3.21. The van der Waals surface area contributed by atoms with Crippen LogP contribution in [0.15, 0.2) is 30.6 Å². The first-order chi connectivity index (χ1) is 16.7. The molecule has 1 saturated heterocycles. The summed E-state index contributed by atoms with van der Waals surface area (Å²) in [7, 11) is -3.21. The number of fused-ring (bicyclic) bond motifs is 2. The predicted molar refractivity (Wildman–Crippen MR) is 135 cm³/mol. The van der Waals surface area contributed by atoms with Crippen molar-refractivity contribution in [2.24, 2.45) is 0 Å². The number of hydrogen-bond donors (Lipinski definition) is 2. The third-order valence-electron chi connectivity index (χ3n) is 6.15. The standard InChI is InChI=1S/C23H26ClN7O3S/c1-13(27-21-20-22(26-12-25-21)29-14(2)28-20)18-11-15-5-4-6-17(24)19(15)23(30-18)34-16-7-9-31(10-8-16)35(3,32)33/h4-6,11-13,16H,7-10H2,1-3H3,(H2,25,26,27,28,29)/t13-/m0/s1. The van der Waals surface area contributed by atoms with Gasteiger partial charge in [0.25, 0.3) is 0 Å². The van der Waals surface area contributed by atoms with E-state index in [1.54, 1.807) is 0 Å². The highest BCUT2D eigenvalue weighted by Crippen LogP contribution is 2.35. The number of H-pyrrole nitrogens is 1. The van der Waals surface area contributed by atoms with Gasteiger partial charge >= 0.3 is 0 Å². The number of anilines is 1. The molecule has 5 rings (SSSR count). The fourth-order valence-electron chi connectivity index (χ4n) is 4.33. The maximum atomic E-state index is 11.9. The molecular formula is C23H26ClN7O3S. The number of imidazole rings is 1. The fourth-order valence-corrected chi connectivity index (χ4v) is 5.47. The summed E-state index contributed by atoms with van der Waals surface area (Å²) in [5.41, 5.74) is 2.08. The van der Waals surface area contributed by atoms with Crippen LogP contribution in [0.3, 0.4) is 0 Å². The van der Waals surface area contributed by atoms with Crippen LogP contribution < -0.4 is 10.1 Å². The monoisotopic (exact) mass is 515 g/mol. The highest BCUT2D eigenvalue weighted by atomic mass is 35.5. The van der Waals surface area contributed by atoms with Gasteiger partial charge in [-0.2, -0.15) is 0 Å². The van der Waals surface area contributed by atoms with Gasteiger partial charge in [-0.1, -0.05) is 23.7 Å². The number of pyridine rings is 1. The summed E-state index contributed by atoms with van der Waals surface area (Å²) in [4.78, 5) is 21.0. The minimum absolute atomic E-state index is 0.159. The van der Waals surface area contributed by atoms with Crippen molar-refractivity contribution in [3.63, 3.8) is 0 Å². The Morgan fingerprint density at radius 2 is 2.00 bits per heavy atom. The molecule has 1 aliphatic heterocycles. The SMILES string of the molecule is Cc1nc2ncnc(N[C@@H](C)c3cc4cccc(Cl)c4c(OC4CCN(S(C)(=O)=O)CC4)n3)c2[nH]1. The summed E-state index contributed by atoms with van der Waals surface area (Å²) in [5.74, 6) is 1.83. The van der Waals surface area contributed by atoms with Crippen LogP contribution in [0, 0.1) is 6.92 Å². The molecule has 1 atom stereocenters. The van der Waals surface area contributed by atoms with Gasteiger partial charge in [-0.15, -0.1) is 0 Å². The van der Waals surface area contributed by atoms with Gasteiger partial charge in [0.15, 0.2) is 11.5 Å². The van der Waals surface area contributed by atoms with Crippen LogP contribution in [-0.2, 0) is 10.0 Å². The number of halogens is 1. The Bertz CT molecular complexity index is 1500. The number of hydrogen-bond acceptors (Lipinski definition) is 8. The zero-order chi connectivity index (χ0) is 24.7. The van der Waals surface area contributed by atoms with Crippen molar-refractivity contribution in [2.45, 2.75) is 38.8 Å². The van der Waals surface area contributed by atoms with Gasteiger partial charge in [-0.25, -0.2) is 32.7 Å². The molecule has 2 N–H and O–H groups in total. The second-order valence-electron chi connectivity index (χ2n) is 8.78. The highest BCUT2D eigenvalue weighted by molar-refractivity contribution is 7.88. The first-order valence-electron chi connectivity index (χ1n) is 11.3. The molecule has 1 fully saturated rings. The van der Waals surface area contributed by atoms with Gasteiger partial charge in [-0.3, -0.25) is 0 Å². The summed E-state index contributed by atoms with van der Waals surface area (Å²) in [6.07, 6.45) is 3.71. The molecule has 0 bridgehead atoms. The Hall–Kier alpha value is -3.02. The van der Waals surface area contributed by atoms with E-state index in [9.17, 15) is 8.42 Å². The summed E-state index contributed by atoms with van der Waals surface area (Å²) in [6.45, 7) is 4.69. The maximum absolute atomic E-state index is 11.9. The lowest BCUT2D eigenvalue weighted by Gasteiger charge is -2.30. The number of aromatic amines is 1. The van der Waals surface area contributed by atoms with Crippen LogP contribution in [0.1, 0.15) is 37.3 Å². The lowest BCUT2D eigenvalue weighted by molar-refractivity contribution is 0.132. The molecule has 0 amide bonds. The number of benzene rings is 1. The number of aryl methyl sites for hydroxylation is 1. The van der Waals surface area contributed by atoms with Crippen LogP contribution in [0.25, 0.3) is 21.9 Å². The van der Waals surface area contributed by atoms with E-state index in [1.807, 2.05) is 38.1 Å². The molecule has 1 aliphatic rings. The minimum Gasteiger partial charge on any atom is -0.474 e. The van der Waals surface area contributed by atoms with E-state index in [2.05, 4.69) is 25.3 Å². The van der Waals surface area contributed by atoms with E-state index < -0.39 is 10.0 Å². The van der Waals surface area contributed by atoms with Gasteiger partial charge in [0, 0.05) is 13.1 Å². The topological polar surface area (TPSA) is 126 Å². The average Bonchev–Trinajstić information content (AvgIpc) is 3.20. The van der Waals surface area contributed by atoms with Crippen molar-refractivity contribution in [1.82, 2.24) is 29.2 Å². The normalized spacial score (nSPS) is 16.6. The highest BCUT2D eigenvalue weighted by Gasteiger charge is 2.27. The summed E-state index contributed by atoms with van der Waals surface area (Å²) >= 11 is 6.54. The number of rotatable bonds is 6. The zero-order valence-electron chi connectivity index (χ0n) is 19.6. The Morgan fingerprint density at radius 3 is 2.74 bits per heavy atom. The van der Waals surface area contributed by atoms with Crippen molar-refractivity contribution in [1.29, 1.82) is 0 Å². The van der Waals surface area contributed by atoms with Gasteiger partial charge in [0.05, 0.1) is 28.4 Å². The molecule has 4 heterocycles. The van der Waals surface area contributed by atoms with Gasteiger partial charge in [0.1, 0.15) is 23.8 Å². The molecule has 184 valence electrons. The van der Waals surface area contributed by atoms with E-state index in [0.717, 1.165) is 27.8 Å². The second kappa shape index (κ2) is 9.21. The number of nitrogens with zero attached hydrogens (tertiary/aromatic N) is 5. The lowest BCUT2D eigenvalue weighted by Crippen LogP contribution is -2.41. The molecule has 0 unspecified atom stereocenters. The molecule has 12 heteroatoms. The number of sulfonamides is 1. The third kappa shape index (κ3) is 4.89. The van der Waals surface area contributed by atoms with Crippen molar-refractivity contribution in [3.05, 3.63) is 47.1 Å². The molecule has 10 nitrogen and oxygen atoms in total. The smallest absolute Gasteiger partial charge is 0.223 e. The Morgan fingerprint density at radius 1 is 1.23 bits per heavy atom. The number of ether oxygens (including phenoxy) is 1. The van der Waals surface area contributed by atoms with Crippen molar-refractivity contribution >= 4 is 49.4 Å². The summed E-state index contributed by atoms with van der Waals surface area (Å²) in [6, 6.07) is 7.44. The summed E-state index contributed by atoms with van der Waals surface area (Å²) < 4.78 is 31.5. The predicted octanol–water partition coefficient (Wildman–Crippen LogP) is 3.84. The number of nitrogens with one attached hydrogen (secondary N) is 2.